The van der Waals surface area contributed by atoms with Crippen molar-refractivity contribution in [2.75, 3.05) is 26.4 Å². The van der Waals surface area contributed by atoms with Crippen LogP contribution in [0.25, 0.3) is 0 Å². The number of hydrogen-bond donors (Lipinski definition) is 10. The minimum absolute atomic E-state index is 0.00195. The van der Waals surface area contributed by atoms with Crippen molar-refractivity contribution >= 4 is 11.9 Å². The molecule has 11 N–H and O–H groups in total. The molecular weight excluding hydrogens is 821 g/mol. The lowest BCUT2D eigenvalue weighted by Gasteiger charge is -2.74. The molecule has 4 saturated carbocycles. The third kappa shape index (κ3) is 7.01. The van der Waals surface area contributed by atoms with Crippen molar-refractivity contribution in [1.82, 2.24) is 15.3 Å². The van der Waals surface area contributed by atoms with E-state index in [0.717, 1.165) is 25.0 Å². The Bertz CT molecular complexity index is 1900. The van der Waals surface area contributed by atoms with Crippen LogP contribution in [0.5, 0.6) is 0 Å². The summed E-state index contributed by atoms with van der Waals surface area (Å²) in [6.07, 6.45) is 5.03. The number of aromatic amines is 1. The molecule has 1 aromatic heterocycles. The van der Waals surface area contributed by atoms with Crippen LogP contribution >= 0.6 is 0 Å². The summed E-state index contributed by atoms with van der Waals surface area (Å²) in [4.78, 5) is 34.9. The summed E-state index contributed by atoms with van der Waals surface area (Å²) in [6.45, 7) is 13.2. The lowest BCUT2D eigenvalue weighted by atomic mass is 9.30. The van der Waals surface area contributed by atoms with E-state index in [0.29, 0.717) is 57.9 Å². The summed E-state index contributed by atoms with van der Waals surface area (Å²) in [6, 6.07) is -0.288. The smallest absolute Gasteiger partial charge is 0.310 e. The van der Waals surface area contributed by atoms with E-state index < -0.39 is 75.8 Å². The van der Waals surface area contributed by atoms with Gasteiger partial charge < -0.3 is 61.3 Å². The normalized spacial score (nSPS) is 49.4. The molecule has 2 aliphatic heterocycles. The number of aliphatic carboxylic acids is 1. The number of ether oxygens (including phenoxy) is 2. The van der Waals surface area contributed by atoms with Gasteiger partial charge in [-0.1, -0.05) is 59.6 Å². The fourth-order valence-corrected chi connectivity index (χ4v) is 16.5. The molecule has 2 saturated heterocycles. The molecule has 3 heterocycles. The van der Waals surface area contributed by atoms with Crippen LogP contribution in [0.15, 0.2) is 24.2 Å². The second-order valence-corrected chi connectivity index (χ2v) is 22.9. The number of nitrogens with two attached hydrogens (primary N) is 1. The predicted molar refractivity (Wildman–Crippen MR) is 236 cm³/mol. The zero-order valence-corrected chi connectivity index (χ0v) is 38.9. The Morgan fingerprint density at radius 1 is 1.02 bits per heavy atom. The number of allylic oxidation sites excluding steroid dienone is 2. The summed E-state index contributed by atoms with van der Waals surface area (Å²) < 4.78 is 12.5. The highest BCUT2D eigenvalue weighted by atomic mass is 16.7. The van der Waals surface area contributed by atoms with Crippen LogP contribution < -0.4 is 11.1 Å². The number of carbonyl (C=O) groups excluding carboxylic acids is 1. The van der Waals surface area contributed by atoms with Gasteiger partial charge in [-0.2, -0.15) is 0 Å². The van der Waals surface area contributed by atoms with Crippen molar-refractivity contribution in [2.45, 2.75) is 167 Å². The molecular formula is C49H78N4O11. The summed E-state index contributed by atoms with van der Waals surface area (Å²) in [5, 5.41) is 82.4. The van der Waals surface area contributed by atoms with Crippen LogP contribution in [0.3, 0.4) is 0 Å². The van der Waals surface area contributed by atoms with Crippen LogP contribution in [0.1, 0.15) is 130 Å². The van der Waals surface area contributed by atoms with Gasteiger partial charge in [-0.25, -0.2) is 4.98 Å². The number of nitrogens with one attached hydrogen (secondary N) is 2. The van der Waals surface area contributed by atoms with Gasteiger partial charge in [0.2, 0.25) is 5.91 Å². The summed E-state index contributed by atoms with van der Waals surface area (Å²) in [5.74, 6) is -2.09. The van der Waals surface area contributed by atoms with Crippen LogP contribution in [0.4, 0.5) is 0 Å². The van der Waals surface area contributed by atoms with Gasteiger partial charge in [-0.15, -0.1) is 0 Å². The Morgan fingerprint density at radius 2 is 1.77 bits per heavy atom. The first-order valence-corrected chi connectivity index (χ1v) is 24.4. The zero-order valence-electron chi connectivity index (χ0n) is 38.9. The molecule has 15 heteroatoms. The Labute approximate surface area is 378 Å². The topological polar surface area (TPSA) is 261 Å². The average molecular weight is 899 g/mol. The fourth-order valence-electron chi connectivity index (χ4n) is 16.5. The molecule has 0 radical (unpaired) electrons. The van der Waals surface area contributed by atoms with Gasteiger partial charge in [0, 0.05) is 42.3 Å². The zero-order chi connectivity index (χ0) is 46.4. The first-order chi connectivity index (χ1) is 30.2. The maximum atomic E-state index is 13.6. The molecule has 64 heavy (non-hydrogen) atoms. The number of carbonyl (C=O) groups is 2. The van der Waals surface area contributed by atoms with Gasteiger partial charge in [0.1, 0.15) is 18.3 Å². The molecule has 8 rings (SSSR count). The number of fused-ring (bicyclic) bond motifs is 7. The van der Waals surface area contributed by atoms with Gasteiger partial charge >= 0.3 is 5.97 Å². The van der Waals surface area contributed by atoms with Gasteiger partial charge in [0.25, 0.3) is 0 Å². The van der Waals surface area contributed by atoms with E-state index in [9.17, 15) is 45.3 Å². The molecule has 1 aromatic rings. The number of aliphatic hydroxyl groups is 6. The highest BCUT2D eigenvalue weighted by molar-refractivity contribution is 5.79. The Hall–Kier alpha value is -2.47. The highest BCUT2D eigenvalue weighted by Crippen LogP contribution is 2.78. The molecule has 6 fully saturated rings. The Kier molecular flexibility index (Phi) is 12.9. The van der Waals surface area contributed by atoms with Gasteiger partial charge in [0.05, 0.1) is 37.2 Å². The second kappa shape index (κ2) is 17.2. The van der Waals surface area contributed by atoms with E-state index in [1.807, 2.05) is 6.92 Å². The maximum Gasteiger partial charge on any atom is 0.310 e. The van der Waals surface area contributed by atoms with Crippen molar-refractivity contribution in [2.24, 2.45) is 73.7 Å². The summed E-state index contributed by atoms with van der Waals surface area (Å²) in [5.41, 5.74) is 4.32. The SMILES string of the molecule is CC[C@@H]1C[C@@]2(C(=O)O)CC[C@](C)(CO)C[C@H]2C2=CC[C@@H]3[C@]4(C)[C@H](CC[C@@]3(C)[C@@]21C)[C@](C)(CO)[C@H](O[C@@H]1OC[C@@H](O)[C@H](O)[C@H]1O)[C@H](O)[C@@H]4C[C@@H]1CC(=O)N[C@H]1[C@H](CCCN)c1cnc[nH]1. The predicted octanol–water partition coefficient (Wildman–Crippen LogP) is 3.62. The lowest BCUT2D eigenvalue weighted by Crippen LogP contribution is -2.73. The largest absolute Gasteiger partial charge is 0.481 e. The molecule has 0 aromatic carbocycles. The number of carboxylic acid groups (broad SMARTS) is 1. The van der Waals surface area contributed by atoms with Gasteiger partial charge in [0.15, 0.2) is 6.29 Å². The first kappa shape index (κ1) is 48.0. The van der Waals surface area contributed by atoms with E-state index in [-0.39, 0.29) is 79.1 Å². The first-order valence-electron chi connectivity index (χ1n) is 24.4. The molecule has 1 amide bonds. The van der Waals surface area contributed by atoms with Crippen molar-refractivity contribution in [3.63, 3.8) is 0 Å². The number of rotatable bonds is 13. The third-order valence-electron chi connectivity index (χ3n) is 20.2. The standard InChI is InChI=1S/C49H78N4O11/c1-7-27-19-49(43(61)62)15-14-44(2,23-54)20-31(49)29-10-11-35-46(4,48(27,29)6)13-12-34-45(3,24-55)41(64-42-40(60)39(59)33(56)22-63-42)38(58)30(47(34,35)5)17-26-18-36(57)53-37(26)28(9-8-16-50)32-21-51-25-52-32/h10,21,25-28,30-31,33-35,37-42,54-56,58-60H,7-9,11-20,22-24,50H2,1-6H3,(H,51,52)(H,53,57)(H,61,62)/t26-,27-,28-,30+,31+,33-,34-,35+,37-,38-,39+,40-,41-,42+,44+,45+,46-,47+,48-,49+/m1/s1. The monoisotopic (exact) mass is 899 g/mol. The van der Waals surface area contributed by atoms with E-state index >= 15 is 0 Å². The molecule has 360 valence electrons. The molecule has 0 unspecified atom stereocenters. The second-order valence-electron chi connectivity index (χ2n) is 22.9. The lowest BCUT2D eigenvalue weighted by molar-refractivity contribution is -0.341. The van der Waals surface area contributed by atoms with Gasteiger partial charge in [-0.05, 0) is 128 Å². The quantitative estimate of drug-likeness (QED) is 0.100. The Morgan fingerprint density at radius 3 is 2.41 bits per heavy atom. The summed E-state index contributed by atoms with van der Waals surface area (Å²) in [7, 11) is 0. The number of H-pyrrole nitrogens is 1. The highest BCUT2D eigenvalue weighted by Gasteiger charge is 2.75. The van der Waals surface area contributed by atoms with Crippen LogP contribution in [-0.2, 0) is 19.1 Å². The molecule has 20 atom stereocenters. The van der Waals surface area contributed by atoms with E-state index in [2.05, 4.69) is 56.0 Å². The van der Waals surface area contributed by atoms with Crippen LogP contribution in [-0.4, -0.2) is 127 Å². The number of amides is 1. The molecule has 5 aliphatic carbocycles. The van der Waals surface area contributed by atoms with E-state index in [1.54, 1.807) is 12.5 Å². The fraction of sp³-hybridized carbons (Fsp3) is 0.857. The number of aliphatic hydroxyl groups excluding tert-OH is 6. The van der Waals surface area contributed by atoms with Crippen molar-refractivity contribution < 1.29 is 54.8 Å². The Balaban J connectivity index is 1.26. The molecule has 0 spiro atoms. The van der Waals surface area contributed by atoms with Gasteiger partial charge in [-0.3, -0.25) is 9.59 Å². The van der Waals surface area contributed by atoms with E-state index in [4.69, 9.17) is 15.2 Å². The van der Waals surface area contributed by atoms with Crippen molar-refractivity contribution in [3.8, 4) is 0 Å². The van der Waals surface area contributed by atoms with E-state index in [1.165, 1.54) is 5.57 Å². The van der Waals surface area contributed by atoms with Crippen molar-refractivity contribution in [1.29, 1.82) is 0 Å². The number of nitrogens with zero attached hydrogens (tertiary/aromatic N) is 1. The van der Waals surface area contributed by atoms with Crippen LogP contribution in [0.2, 0.25) is 0 Å². The minimum atomic E-state index is -1.61. The number of hydrogen-bond acceptors (Lipinski definition) is 12. The number of imidazole rings is 1. The minimum Gasteiger partial charge on any atom is -0.481 e. The number of aromatic nitrogens is 2. The van der Waals surface area contributed by atoms with Crippen molar-refractivity contribution in [3.05, 3.63) is 29.9 Å². The summed E-state index contributed by atoms with van der Waals surface area (Å²) >= 11 is 0. The molecule has 15 nitrogen and oxygen atoms in total. The number of carboxylic acids is 1. The van der Waals surface area contributed by atoms with Crippen LogP contribution in [0, 0.1) is 68.0 Å². The maximum absolute atomic E-state index is 13.6. The molecule has 7 aliphatic rings. The third-order valence-corrected chi connectivity index (χ3v) is 20.2. The average Bonchev–Trinajstić information content (AvgIpc) is 3.94. The molecule has 0 bridgehead atoms.